The van der Waals surface area contributed by atoms with Crippen LogP contribution in [0, 0.1) is 5.92 Å². The molecule has 4 rings (SSSR count). The number of thiocarbonyl (C=S) groups is 2. The molecule has 6 heteroatoms. The monoisotopic (exact) mass is 355 g/mol. The maximum Gasteiger partial charge on any atom is 0.191 e. The topological polar surface area (TPSA) is 45.3 Å². The van der Waals surface area contributed by atoms with Crippen LogP contribution in [0.1, 0.15) is 18.5 Å². The largest absolute Gasteiger partial charge is 0.467 e. The Morgan fingerprint density at radius 2 is 1.83 bits per heavy atom. The van der Waals surface area contributed by atoms with Crippen molar-refractivity contribution in [2.75, 3.05) is 5.32 Å². The van der Waals surface area contributed by atoms with Crippen LogP contribution in [0.5, 0.6) is 5.75 Å². The summed E-state index contributed by atoms with van der Waals surface area (Å²) in [6.07, 6.45) is 0. The molecule has 0 spiro atoms. The average Bonchev–Trinajstić information content (AvgIpc) is 2.54. The van der Waals surface area contributed by atoms with Gasteiger partial charge in [-0.2, -0.15) is 0 Å². The van der Waals surface area contributed by atoms with Gasteiger partial charge in [0, 0.05) is 11.3 Å². The lowest BCUT2D eigenvalue weighted by molar-refractivity contribution is -0.00402. The second-order valence-electron chi connectivity index (χ2n) is 6.16. The van der Waals surface area contributed by atoms with E-state index in [9.17, 15) is 0 Å². The van der Waals surface area contributed by atoms with Gasteiger partial charge in [0.1, 0.15) is 5.75 Å². The van der Waals surface area contributed by atoms with Crippen molar-refractivity contribution in [2.24, 2.45) is 5.92 Å². The lowest BCUT2D eigenvalue weighted by Gasteiger charge is -2.51. The smallest absolute Gasteiger partial charge is 0.191 e. The number of fused-ring (bicyclic) bond motifs is 4. The first kappa shape index (κ1) is 15.4. The number of rotatable bonds is 2. The number of hydrogen-bond acceptors (Lipinski definition) is 3. The second-order valence-corrected chi connectivity index (χ2v) is 7.00. The summed E-state index contributed by atoms with van der Waals surface area (Å²) < 4.78 is 6.27. The fraction of sp³-hybridized carbons (Fsp3) is 0.222. The molecule has 0 aliphatic carbocycles. The van der Waals surface area contributed by atoms with Crippen LogP contribution in [0.25, 0.3) is 0 Å². The van der Waals surface area contributed by atoms with E-state index in [0.717, 1.165) is 17.0 Å². The summed E-state index contributed by atoms with van der Waals surface area (Å²) in [5.41, 5.74) is 1.34. The number of hydrogen-bond donors (Lipinski definition) is 3. The highest BCUT2D eigenvalue weighted by molar-refractivity contribution is 7.80. The Bertz CT molecular complexity index is 811. The van der Waals surface area contributed by atoms with Crippen molar-refractivity contribution in [1.82, 2.24) is 10.6 Å². The van der Waals surface area contributed by atoms with E-state index >= 15 is 0 Å². The zero-order valence-electron chi connectivity index (χ0n) is 13.1. The van der Waals surface area contributed by atoms with Crippen LogP contribution in [0.4, 0.5) is 5.69 Å². The molecular formula is C18H17N3OS2. The van der Waals surface area contributed by atoms with Gasteiger partial charge < -0.3 is 20.7 Å². The van der Waals surface area contributed by atoms with E-state index in [0.29, 0.717) is 10.1 Å². The molecule has 122 valence electrons. The summed E-state index contributed by atoms with van der Waals surface area (Å²) in [5, 5.41) is 10.5. The molecule has 3 atom stereocenters. The van der Waals surface area contributed by atoms with Crippen molar-refractivity contribution in [3.63, 3.8) is 0 Å². The Kier molecular flexibility index (Phi) is 3.66. The lowest BCUT2D eigenvalue weighted by Crippen LogP contribution is -2.70. The Hall–Kier alpha value is -2.18. The molecule has 2 aromatic carbocycles. The van der Waals surface area contributed by atoms with Gasteiger partial charge in [-0.25, -0.2) is 0 Å². The Morgan fingerprint density at radius 1 is 1.12 bits per heavy atom. The second kappa shape index (κ2) is 5.72. The van der Waals surface area contributed by atoms with Gasteiger partial charge in [0.15, 0.2) is 10.8 Å². The normalized spacial score (nSPS) is 27.1. The predicted molar refractivity (Wildman–Crippen MR) is 103 cm³/mol. The van der Waals surface area contributed by atoms with E-state index in [-0.39, 0.29) is 12.0 Å². The van der Waals surface area contributed by atoms with Gasteiger partial charge >= 0.3 is 0 Å². The summed E-state index contributed by atoms with van der Waals surface area (Å²) in [7, 11) is 0. The first-order valence-electron chi connectivity index (χ1n) is 7.79. The van der Waals surface area contributed by atoms with Crippen molar-refractivity contribution < 1.29 is 4.74 Å². The van der Waals surface area contributed by atoms with Crippen molar-refractivity contribution in [2.45, 2.75) is 18.7 Å². The third-order valence-electron chi connectivity index (χ3n) is 4.47. The molecule has 2 bridgehead atoms. The van der Waals surface area contributed by atoms with Gasteiger partial charge in [-0.15, -0.1) is 0 Å². The quantitative estimate of drug-likeness (QED) is 0.718. The zero-order chi connectivity index (χ0) is 16.7. The lowest BCUT2D eigenvalue weighted by atomic mass is 9.80. The van der Waals surface area contributed by atoms with Gasteiger partial charge in [-0.3, -0.25) is 0 Å². The van der Waals surface area contributed by atoms with E-state index in [2.05, 4.69) is 22.0 Å². The molecule has 2 aliphatic rings. The minimum Gasteiger partial charge on any atom is -0.467 e. The van der Waals surface area contributed by atoms with Gasteiger partial charge in [0.2, 0.25) is 0 Å². The molecule has 2 aromatic rings. The van der Waals surface area contributed by atoms with Crippen molar-refractivity contribution in [3.05, 3.63) is 60.2 Å². The van der Waals surface area contributed by atoms with E-state index in [1.165, 1.54) is 0 Å². The average molecular weight is 355 g/mol. The van der Waals surface area contributed by atoms with E-state index < -0.39 is 5.72 Å². The fourth-order valence-corrected chi connectivity index (χ4v) is 4.24. The summed E-state index contributed by atoms with van der Waals surface area (Å²) in [6, 6.07) is 17.9. The van der Waals surface area contributed by atoms with Gasteiger partial charge in [-0.05, 0) is 37.3 Å². The van der Waals surface area contributed by atoms with Crippen LogP contribution in [-0.4, -0.2) is 15.8 Å². The zero-order valence-corrected chi connectivity index (χ0v) is 14.7. The van der Waals surface area contributed by atoms with Crippen LogP contribution in [0.15, 0.2) is 54.6 Å². The molecule has 0 saturated carbocycles. The van der Waals surface area contributed by atoms with Crippen molar-refractivity contribution in [3.8, 4) is 5.75 Å². The molecule has 0 aromatic heterocycles. The SMILES string of the molecule is C[C@]12NC(=S)N[C@H](c3ccccc3O1)[C@H]2C(=S)Nc1ccccc1. The van der Waals surface area contributed by atoms with Crippen LogP contribution in [0.3, 0.4) is 0 Å². The molecule has 2 heterocycles. The standard InChI is InChI=1S/C18H17N3OS2/c1-18-14(16(23)19-11-7-3-2-4-8-11)15(20-17(24)21-18)12-9-5-6-10-13(12)22-18/h2-10,14-15H,1H3,(H,19,23)(H2,20,21,24)/t14-,15+,18-/m0/s1. The third-order valence-corrected chi connectivity index (χ3v) is 5.05. The van der Waals surface area contributed by atoms with Gasteiger partial charge in [0.25, 0.3) is 0 Å². The predicted octanol–water partition coefficient (Wildman–Crippen LogP) is 3.37. The highest BCUT2D eigenvalue weighted by Crippen LogP contribution is 2.45. The molecule has 2 aliphatic heterocycles. The summed E-state index contributed by atoms with van der Waals surface area (Å²) in [6.45, 7) is 1.99. The fourth-order valence-electron chi connectivity index (χ4n) is 3.43. The highest BCUT2D eigenvalue weighted by Gasteiger charge is 2.53. The minimum atomic E-state index is -0.694. The first-order chi connectivity index (χ1) is 11.6. The van der Waals surface area contributed by atoms with Crippen LogP contribution in [0.2, 0.25) is 0 Å². The van der Waals surface area contributed by atoms with Crippen LogP contribution in [-0.2, 0) is 0 Å². The molecule has 0 amide bonds. The summed E-state index contributed by atoms with van der Waals surface area (Å²) in [5.74, 6) is 0.751. The van der Waals surface area contributed by atoms with Gasteiger partial charge in [-0.1, -0.05) is 48.6 Å². The molecule has 0 radical (unpaired) electrons. The Morgan fingerprint density at radius 3 is 2.62 bits per heavy atom. The number of para-hydroxylation sites is 2. The van der Waals surface area contributed by atoms with E-state index in [1.807, 2.05) is 55.5 Å². The van der Waals surface area contributed by atoms with Crippen molar-refractivity contribution >= 4 is 40.2 Å². The highest BCUT2D eigenvalue weighted by atomic mass is 32.1. The molecule has 4 nitrogen and oxygen atoms in total. The van der Waals surface area contributed by atoms with E-state index in [1.54, 1.807) is 0 Å². The minimum absolute atomic E-state index is 0.0302. The third kappa shape index (κ3) is 2.52. The molecular weight excluding hydrogens is 338 g/mol. The van der Waals surface area contributed by atoms with Gasteiger partial charge in [0.05, 0.1) is 16.9 Å². The van der Waals surface area contributed by atoms with Crippen molar-refractivity contribution in [1.29, 1.82) is 0 Å². The Labute approximate surface area is 151 Å². The maximum atomic E-state index is 6.27. The molecule has 24 heavy (non-hydrogen) atoms. The molecule has 1 saturated heterocycles. The number of benzene rings is 2. The Balaban J connectivity index is 1.72. The molecule has 1 fully saturated rings. The molecule has 3 N–H and O–H groups in total. The van der Waals surface area contributed by atoms with Crippen LogP contribution < -0.4 is 20.7 Å². The first-order valence-corrected chi connectivity index (χ1v) is 8.61. The summed E-state index contributed by atoms with van der Waals surface area (Å²) >= 11 is 11.1. The summed E-state index contributed by atoms with van der Waals surface area (Å²) in [4.78, 5) is 0.714. The maximum absolute atomic E-state index is 6.27. The number of ether oxygens (including phenoxy) is 1. The van der Waals surface area contributed by atoms with Crippen LogP contribution >= 0.6 is 24.4 Å². The molecule has 0 unspecified atom stereocenters. The number of nitrogens with one attached hydrogen (secondary N) is 3. The van der Waals surface area contributed by atoms with E-state index in [4.69, 9.17) is 29.2 Å². The number of anilines is 1.